The summed E-state index contributed by atoms with van der Waals surface area (Å²) < 4.78 is 22.6. The minimum Gasteiger partial charge on any atom is -1.00 e. The average Bonchev–Trinajstić information content (AvgIpc) is 3.19. The van der Waals surface area contributed by atoms with Crippen LogP contribution in [0.3, 0.4) is 0 Å². The van der Waals surface area contributed by atoms with Gasteiger partial charge in [-0.15, -0.1) is 12.4 Å². The lowest BCUT2D eigenvalue weighted by atomic mass is 9.92. The number of carbonyl (C=O) groups is 4. The summed E-state index contributed by atoms with van der Waals surface area (Å²) >= 11 is 0. The van der Waals surface area contributed by atoms with E-state index in [0.29, 0.717) is 50.1 Å². The second kappa shape index (κ2) is 30.7. The highest BCUT2D eigenvalue weighted by molar-refractivity contribution is 7.59. The number of methoxy groups -OCH3 is 2. The molecule has 0 aliphatic carbocycles. The van der Waals surface area contributed by atoms with Crippen molar-refractivity contribution >= 4 is 71.2 Å². The van der Waals surface area contributed by atoms with Gasteiger partial charge in [0.05, 0.1) is 34.0 Å². The lowest BCUT2D eigenvalue weighted by Gasteiger charge is -2.20. The van der Waals surface area contributed by atoms with Crippen LogP contribution in [0.2, 0.25) is 0 Å². The van der Waals surface area contributed by atoms with Gasteiger partial charge in [0, 0.05) is 24.0 Å². The molecule has 0 fully saturated rings. The van der Waals surface area contributed by atoms with E-state index in [2.05, 4.69) is 16.4 Å². The van der Waals surface area contributed by atoms with Gasteiger partial charge in [0.25, 0.3) is 0 Å². The van der Waals surface area contributed by atoms with Gasteiger partial charge in [-0.1, -0.05) is 75.5 Å². The zero-order chi connectivity index (χ0) is 38.7. The number of ether oxygens (including phenoxy) is 4. The molecule has 0 saturated heterocycles. The summed E-state index contributed by atoms with van der Waals surface area (Å²) in [5.74, 6) is -0.156. The van der Waals surface area contributed by atoms with Crippen LogP contribution in [0.5, 0.6) is 11.5 Å². The van der Waals surface area contributed by atoms with Crippen molar-refractivity contribution < 1.29 is 56.3 Å². The van der Waals surface area contributed by atoms with E-state index in [0.717, 1.165) is 58.5 Å². The third kappa shape index (κ3) is 17.1. The van der Waals surface area contributed by atoms with Crippen molar-refractivity contribution in [2.24, 2.45) is 5.73 Å². The molecule has 0 bridgehead atoms. The lowest BCUT2D eigenvalue weighted by molar-refractivity contribution is -0.368. The molecule has 0 radical (unpaired) electrons. The fraction of sp³-hybridized carbons (Fsp3) is 0.455. The summed E-state index contributed by atoms with van der Waals surface area (Å²) in [5.41, 5.74) is 11.1. The van der Waals surface area contributed by atoms with Crippen LogP contribution in [0.25, 0.3) is 32.7 Å². The van der Waals surface area contributed by atoms with Crippen LogP contribution in [0.4, 0.5) is 0 Å². The molecular weight excluding hydrogens is 815 g/mol. The van der Waals surface area contributed by atoms with Gasteiger partial charge in [0.15, 0.2) is 0 Å². The number of esters is 2. The van der Waals surface area contributed by atoms with Crippen molar-refractivity contribution in [2.75, 3.05) is 40.5 Å². The molecule has 0 heterocycles. The third-order valence-corrected chi connectivity index (χ3v) is 9.22. The number of hydrogen-bond acceptors (Lipinski definition) is 9. The Balaban J connectivity index is 0. The standard InChI is InChI=1S/C42H54N4O8.2CH4.2ClH.H2S/c1-51-41(49)33(17-7-9-25-43)45-37(47)19-11-27-53-35-23-21-29-13-3-5-15-31(29)39(35)40-32-16-6-4-14-30(32)22-24-36(40)54-28-12-20-38(48)46-34(42(50)52-2)18-8-10-26-44;;;;;/h3-6,13-16,21-24,33-34H,7-12,17-20,25-28,43-44H2,1-2H3,(H,45,47)(H,46,48);2*1H4;2*1H;1H2/t33-,34-;;;;;/m1...../s1. The second-order valence-electron chi connectivity index (χ2n) is 13.1. The second-order valence-corrected chi connectivity index (χ2v) is 13.1. The molecule has 4 rings (SSSR count). The summed E-state index contributed by atoms with van der Waals surface area (Å²) in [4.78, 5) is 50.2. The van der Waals surface area contributed by atoms with Gasteiger partial charge in [0.1, 0.15) is 23.6 Å². The number of fused-ring (bicyclic) bond motifs is 2. The fourth-order valence-electron chi connectivity index (χ4n) is 6.42. The number of nitrogens with two attached hydrogens (primary N) is 1. The third-order valence-electron chi connectivity index (χ3n) is 9.22. The Hall–Kier alpha value is -4.27. The normalized spacial score (nSPS) is 11.1. The fourth-order valence-corrected chi connectivity index (χ4v) is 6.42. The van der Waals surface area contributed by atoms with Gasteiger partial charge >= 0.3 is 11.9 Å². The first kappa shape index (κ1) is 56.8. The summed E-state index contributed by atoms with van der Waals surface area (Å²) in [6, 6.07) is 22.6. The maximum Gasteiger partial charge on any atom is 0.328 e. The van der Waals surface area contributed by atoms with E-state index in [1.807, 2.05) is 72.8 Å². The molecule has 0 unspecified atom stereocenters. The van der Waals surface area contributed by atoms with Crippen LogP contribution in [0.1, 0.15) is 79.1 Å². The zero-order valence-electron chi connectivity index (χ0n) is 32.8. The molecule has 2 amide bonds. The number of quaternary nitrogens is 1. The Kier molecular flexibility index (Phi) is 29.6. The first-order valence-electron chi connectivity index (χ1n) is 18.8. The summed E-state index contributed by atoms with van der Waals surface area (Å²) in [6.07, 6.45) is 5.23. The number of rotatable bonds is 23. The topological polar surface area (TPSA) is 183 Å². The minimum absolute atomic E-state index is 0. The first-order valence-corrected chi connectivity index (χ1v) is 18.8. The van der Waals surface area contributed by atoms with E-state index in [4.69, 9.17) is 24.7 Å². The predicted octanol–water partition coefficient (Wildman–Crippen LogP) is 3.65. The lowest BCUT2D eigenvalue weighted by Crippen LogP contribution is -3.00. The van der Waals surface area contributed by atoms with E-state index in [1.165, 1.54) is 14.2 Å². The van der Waals surface area contributed by atoms with E-state index in [1.54, 1.807) is 0 Å². The minimum atomic E-state index is -0.716. The van der Waals surface area contributed by atoms with Crippen LogP contribution in [0, 0.1) is 0 Å². The zero-order valence-corrected chi connectivity index (χ0v) is 35.4. The van der Waals surface area contributed by atoms with Crippen LogP contribution >= 0.6 is 25.9 Å². The number of halogens is 2. The van der Waals surface area contributed by atoms with Crippen LogP contribution in [-0.2, 0) is 28.7 Å². The smallest absolute Gasteiger partial charge is 0.328 e. The largest absolute Gasteiger partial charge is 1.00 e. The molecule has 15 heteroatoms. The quantitative estimate of drug-likeness (QED) is 0.0639. The molecule has 0 spiro atoms. The number of amides is 2. The molecule has 4 aromatic carbocycles. The van der Waals surface area contributed by atoms with Gasteiger partial charge in [-0.05, 0) is 91.6 Å². The van der Waals surface area contributed by atoms with E-state index >= 15 is 0 Å². The molecule has 0 aromatic heterocycles. The molecule has 0 aliphatic heterocycles. The predicted molar refractivity (Wildman–Crippen MR) is 240 cm³/mol. The van der Waals surface area contributed by atoms with Crippen molar-refractivity contribution in [3.63, 3.8) is 0 Å². The van der Waals surface area contributed by atoms with Gasteiger partial charge in [-0.3, -0.25) is 9.59 Å². The van der Waals surface area contributed by atoms with E-state index in [9.17, 15) is 19.2 Å². The highest BCUT2D eigenvalue weighted by Gasteiger charge is 2.23. The van der Waals surface area contributed by atoms with Crippen molar-refractivity contribution in [3.8, 4) is 22.6 Å². The molecule has 7 N–H and O–H groups in total. The van der Waals surface area contributed by atoms with Gasteiger partial charge < -0.3 is 53.5 Å². The van der Waals surface area contributed by atoms with Gasteiger partial charge in [-0.2, -0.15) is 13.5 Å². The maximum atomic E-state index is 12.8. The van der Waals surface area contributed by atoms with Gasteiger partial charge in [-0.25, -0.2) is 9.59 Å². The number of unbranched alkanes of at least 4 members (excludes halogenated alkanes) is 2. The van der Waals surface area contributed by atoms with Gasteiger partial charge in [0.2, 0.25) is 11.8 Å². The van der Waals surface area contributed by atoms with Crippen LogP contribution < -0.4 is 44.0 Å². The molecule has 59 heavy (non-hydrogen) atoms. The molecular formula is C44H66Cl2N4O8S. The number of nitrogens with one attached hydrogen (secondary N) is 2. The maximum absolute atomic E-state index is 12.8. The van der Waals surface area contributed by atoms with Crippen molar-refractivity contribution in [3.05, 3.63) is 72.8 Å². The van der Waals surface area contributed by atoms with E-state index in [-0.39, 0.29) is 91.0 Å². The first-order chi connectivity index (χ1) is 26.3. The van der Waals surface area contributed by atoms with Crippen molar-refractivity contribution in [1.82, 2.24) is 10.6 Å². The molecule has 4 aromatic rings. The number of benzene rings is 4. The molecule has 2 atom stereocenters. The van der Waals surface area contributed by atoms with Crippen LogP contribution in [-0.4, -0.2) is 76.4 Å². The highest BCUT2D eigenvalue weighted by atomic mass is 35.5. The average molecular weight is 882 g/mol. The highest BCUT2D eigenvalue weighted by Crippen LogP contribution is 2.45. The number of hydrogen-bond donors (Lipinski definition) is 4. The number of carbonyl (C=O) groups excluding carboxylic acids is 4. The SMILES string of the molecule is C.C.COC(=O)[C@@H](CCCCN)NC(=O)CCCOc1ccc2ccccc2c1-c1c(OCCCC(=O)N[C@H](CCCC[NH3+])C(=O)OC)ccc2ccccc12.Cl.S.[Cl-]. The van der Waals surface area contributed by atoms with E-state index < -0.39 is 24.0 Å². The Morgan fingerprint density at radius 2 is 1.03 bits per heavy atom. The molecule has 330 valence electrons. The van der Waals surface area contributed by atoms with Crippen LogP contribution in [0.15, 0.2) is 72.8 Å². The Morgan fingerprint density at radius 3 is 1.42 bits per heavy atom. The molecule has 12 nitrogen and oxygen atoms in total. The van der Waals surface area contributed by atoms with Crippen molar-refractivity contribution in [2.45, 2.75) is 91.1 Å². The van der Waals surface area contributed by atoms with Crippen molar-refractivity contribution in [1.29, 1.82) is 0 Å². The molecule has 0 saturated carbocycles. The summed E-state index contributed by atoms with van der Waals surface area (Å²) in [6.45, 7) is 1.79. The monoisotopic (exact) mass is 880 g/mol. The Morgan fingerprint density at radius 1 is 0.627 bits per heavy atom. The Labute approximate surface area is 369 Å². The summed E-state index contributed by atoms with van der Waals surface area (Å²) in [5, 5.41) is 9.60. The molecule has 0 aliphatic rings. The Bertz CT molecular complexity index is 1740. The summed E-state index contributed by atoms with van der Waals surface area (Å²) in [7, 11) is 2.63.